The number of rotatable bonds is 8. The summed E-state index contributed by atoms with van der Waals surface area (Å²) in [5.41, 5.74) is 0. The van der Waals surface area contributed by atoms with E-state index in [2.05, 4.69) is 25.4 Å². The minimum Gasteiger partial charge on any atom is -0.383 e. The summed E-state index contributed by atoms with van der Waals surface area (Å²) in [7, 11) is 3.63. The molecule has 2 aliphatic heterocycles. The van der Waals surface area contributed by atoms with Gasteiger partial charge >= 0.3 is 0 Å². The Hall–Kier alpha value is -0.120. The minimum absolute atomic E-state index is 0. The second-order valence-electron chi connectivity index (χ2n) is 6.61. The molecule has 2 saturated heterocycles. The molecule has 0 radical (unpaired) electrons. The van der Waals surface area contributed by atoms with Crippen LogP contribution in [0.1, 0.15) is 32.1 Å². The van der Waals surface area contributed by atoms with Gasteiger partial charge in [0.2, 0.25) is 0 Å². The van der Waals surface area contributed by atoms with Crippen molar-refractivity contribution in [1.29, 1.82) is 0 Å². The SMILES string of the molecule is CN=C(NCCN1CCCCC1)NCC1CCCN1CCOC.I. The summed E-state index contributed by atoms with van der Waals surface area (Å²) in [4.78, 5) is 9.43. The third-order valence-electron chi connectivity index (χ3n) is 4.98. The molecule has 6 nitrogen and oxygen atoms in total. The number of nitrogens with one attached hydrogen (secondary N) is 2. The van der Waals surface area contributed by atoms with Crippen LogP contribution in [0.3, 0.4) is 0 Å². The Kier molecular flexibility index (Phi) is 12.0. The summed E-state index contributed by atoms with van der Waals surface area (Å²) in [6.45, 7) is 8.60. The highest BCUT2D eigenvalue weighted by Crippen LogP contribution is 2.15. The van der Waals surface area contributed by atoms with E-state index in [1.54, 1.807) is 7.11 Å². The predicted octanol–water partition coefficient (Wildman–Crippen LogP) is 1.37. The number of hydrogen-bond acceptors (Lipinski definition) is 4. The van der Waals surface area contributed by atoms with Crippen LogP contribution in [0, 0.1) is 0 Å². The normalized spacial score (nSPS) is 23.1. The molecule has 2 rings (SSSR count). The number of halogens is 1. The molecular weight excluding hydrogens is 417 g/mol. The lowest BCUT2D eigenvalue weighted by molar-refractivity contribution is 0.141. The molecule has 0 aromatic rings. The van der Waals surface area contributed by atoms with Crippen molar-refractivity contribution in [2.75, 3.05) is 66.6 Å². The van der Waals surface area contributed by atoms with Crippen LogP contribution < -0.4 is 10.6 Å². The van der Waals surface area contributed by atoms with Gasteiger partial charge in [-0.3, -0.25) is 9.89 Å². The van der Waals surface area contributed by atoms with Gasteiger partial charge in [0, 0.05) is 46.4 Å². The van der Waals surface area contributed by atoms with Crippen molar-refractivity contribution < 1.29 is 4.74 Å². The van der Waals surface area contributed by atoms with Crippen LogP contribution >= 0.6 is 24.0 Å². The summed E-state index contributed by atoms with van der Waals surface area (Å²) >= 11 is 0. The lowest BCUT2D eigenvalue weighted by Crippen LogP contribution is -2.47. The monoisotopic (exact) mass is 453 g/mol. The van der Waals surface area contributed by atoms with Crippen molar-refractivity contribution >= 4 is 29.9 Å². The molecule has 0 saturated carbocycles. The first-order valence-electron chi connectivity index (χ1n) is 9.23. The highest BCUT2D eigenvalue weighted by atomic mass is 127. The van der Waals surface area contributed by atoms with Crippen LogP contribution in [0.2, 0.25) is 0 Å². The number of aliphatic imine (C=N–C) groups is 1. The number of hydrogen-bond donors (Lipinski definition) is 2. The van der Waals surface area contributed by atoms with Gasteiger partial charge in [0.15, 0.2) is 5.96 Å². The van der Waals surface area contributed by atoms with Gasteiger partial charge in [0.25, 0.3) is 0 Å². The number of ether oxygens (including phenoxy) is 1. The Balaban J connectivity index is 0.00000288. The molecule has 0 aromatic carbocycles. The molecule has 1 unspecified atom stereocenters. The predicted molar refractivity (Wildman–Crippen MR) is 112 cm³/mol. The Morgan fingerprint density at radius 1 is 1.08 bits per heavy atom. The van der Waals surface area contributed by atoms with Crippen molar-refractivity contribution in [2.45, 2.75) is 38.1 Å². The molecule has 1 atom stereocenters. The minimum atomic E-state index is 0. The smallest absolute Gasteiger partial charge is 0.191 e. The van der Waals surface area contributed by atoms with Gasteiger partial charge in [-0.25, -0.2) is 0 Å². The molecule has 2 aliphatic rings. The lowest BCUT2D eigenvalue weighted by atomic mass is 10.1. The van der Waals surface area contributed by atoms with Gasteiger partial charge in [0.05, 0.1) is 6.61 Å². The number of piperidine rings is 1. The van der Waals surface area contributed by atoms with Gasteiger partial charge in [-0.2, -0.15) is 0 Å². The molecule has 24 heavy (non-hydrogen) atoms. The summed E-state index contributed by atoms with van der Waals surface area (Å²) in [5.74, 6) is 0.931. The van der Waals surface area contributed by atoms with Gasteiger partial charge in [-0.05, 0) is 45.3 Å². The van der Waals surface area contributed by atoms with Gasteiger partial charge in [0.1, 0.15) is 0 Å². The van der Waals surface area contributed by atoms with E-state index in [0.29, 0.717) is 6.04 Å². The van der Waals surface area contributed by atoms with Crippen LogP contribution in [0.4, 0.5) is 0 Å². The average Bonchev–Trinajstić information content (AvgIpc) is 3.04. The maximum Gasteiger partial charge on any atom is 0.191 e. The molecule has 2 heterocycles. The average molecular weight is 453 g/mol. The molecule has 0 amide bonds. The molecule has 0 aliphatic carbocycles. The Bertz CT molecular complexity index is 350. The van der Waals surface area contributed by atoms with Crippen molar-refractivity contribution in [3.05, 3.63) is 0 Å². The Labute approximate surface area is 164 Å². The number of methoxy groups -OCH3 is 1. The molecule has 0 aromatic heterocycles. The number of guanidine groups is 1. The fourth-order valence-electron chi connectivity index (χ4n) is 3.58. The van der Waals surface area contributed by atoms with Crippen LogP contribution in [-0.4, -0.2) is 88.4 Å². The highest BCUT2D eigenvalue weighted by molar-refractivity contribution is 14.0. The summed E-state index contributed by atoms with van der Waals surface area (Å²) in [5, 5.41) is 6.95. The van der Waals surface area contributed by atoms with E-state index >= 15 is 0 Å². The van der Waals surface area contributed by atoms with Crippen molar-refractivity contribution in [3.63, 3.8) is 0 Å². The summed E-state index contributed by atoms with van der Waals surface area (Å²) in [6, 6.07) is 0.603. The zero-order valence-electron chi connectivity index (χ0n) is 15.4. The quantitative estimate of drug-likeness (QED) is 0.330. The first-order valence-corrected chi connectivity index (χ1v) is 9.23. The second-order valence-corrected chi connectivity index (χ2v) is 6.61. The molecular formula is C17H36IN5O. The Morgan fingerprint density at radius 2 is 1.88 bits per heavy atom. The van der Waals surface area contributed by atoms with E-state index < -0.39 is 0 Å². The second kappa shape index (κ2) is 13.1. The van der Waals surface area contributed by atoms with Crippen molar-refractivity contribution in [1.82, 2.24) is 20.4 Å². The van der Waals surface area contributed by atoms with E-state index in [4.69, 9.17) is 4.74 Å². The fraction of sp³-hybridized carbons (Fsp3) is 0.941. The Morgan fingerprint density at radius 3 is 2.58 bits per heavy atom. The van der Waals surface area contributed by atoms with Crippen LogP contribution in [0.25, 0.3) is 0 Å². The number of likely N-dealkylation sites (tertiary alicyclic amines) is 2. The largest absolute Gasteiger partial charge is 0.383 e. The standard InChI is InChI=1S/C17H35N5O.HI/c1-18-17(19-8-12-21-9-4-3-5-10-21)20-15-16-7-6-11-22(16)13-14-23-2;/h16H,3-15H2,1-2H3,(H2,18,19,20);1H. The third kappa shape index (κ3) is 7.84. The number of nitrogens with zero attached hydrogens (tertiary/aromatic N) is 3. The van der Waals surface area contributed by atoms with Crippen LogP contribution in [-0.2, 0) is 4.74 Å². The zero-order valence-corrected chi connectivity index (χ0v) is 17.8. The lowest BCUT2D eigenvalue weighted by Gasteiger charge is -2.27. The maximum absolute atomic E-state index is 5.21. The first-order chi connectivity index (χ1) is 11.3. The van der Waals surface area contributed by atoms with Crippen molar-refractivity contribution in [2.24, 2.45) is 4.99 Å². The molecule has 7 heteroatoms. The van der Waals surface area contributed by atoms with Gasteiger partial charge in [-0.1, -0.05) is 6.42 Å². The van der Waals surface area contributed by atoms with Crippen molar-refractivity contribution in [3.8, 4) is 0 Å². The maximum atomic E-state index is 5.21. The molecule has 0 spiro atoms. The zero-order chi connectivity index (χ0) is 16.3. The topological polar surface area (TPSA) is 52.1 Å². The van der Waals surface area contributed by atoms with E-state index in [9.17, 15) is 0 Å². The highest BCUT2D eigenvalue weighted by Gasteiger charge is 2.23. The first kappa shape index (κ1) is 21.9. The van der Waals surface area contributed by atoms with E-state index in [1.165, 1.54) is 51.7 Å². The van der Waals surface area contributed by atoms with E-state index in [0.717, 1.165) is 38.7 Å². The molecule has 0 bridgehead atoms. The summed E-state index contributed by atoms with van der Waals surface area (Å²) < 4.78 is 5.21. The summed E-state index contributed by atoms with van der Waals surface area (Å²) in [6.07, 6.45) is 6.66. The fourth-order valence-corrected chi connectivity index (χ4v) is 3.58. The van der Waals surface area contributed by atoms with E-state index in [-0.39, 0.29) is 24.0 Å². The van der Waals surface area contributed by atoms with Crippen LogP contribution in [0.15, 0.2) is 4.99 Å². The van der Waals surface area contributed by atoms with Gasteiger partial charge < -0.3 is 20.3 Å². The van der Waals surface area contributed by atoms with Crippen LogP contribution in [0.5, 0.6) is 0 Å². The third-order valence-corrected chi connectivity index (χ3v) is 4.98. The molecule has 142 valence electrons. The van der Waals surface area contributed by atoms with E-state index in [1.807, 2.05) is 7.05 Å². The molecule has 2 fully saturated rings. The molecule has 2 N–H and O–H groups in total. The van der Waals surface area contributed by atoms with Gasteiger partial charge in [-0.15, -0.1) is 24.0 Å².